The van der Waals surface area contributed by atoms with E-state index in [1.807, 2.05) is 29.8 Å². The van der Waals surface area contributed by atoms with Crippen molar-refractivity contribution in [2.45, 2.75) is 26.7 Å². The van der Waals surface area contributed by atoms with Crippen LogP contribution in [0, 0.1) is 6.92 Å². The molecule has 0 unspecified atom stereocenters. The number of anilines is 1. The molecule has 5 heterocycles. The number of hydrogen-bond acceptors (Lipinski definition) is 8. The normalized spacial score (nSPS) is 15.6. The van der Waals surface area contributed by atoms with Crippen molar-refractivity contribution in [3.8, 4) is 22.8 Å². The summed E-state index contributed by atoms with van der Waals surface area (Å²) < 4.78 is 31.3. The predicted molar refractivity (Wildman–Crippen MR) is 136 cm³/mol. The molecule has 10 heteroatoms. The van der Waals surface area contributed by atoms with Crippen LogP contribution in [-0.4, -0.2) is 64.9 Å². The third-order valence-corrected chi connectivity index (χ3v) is 7.98. The van der Waals surface area contributed by atoms with Gasteiger partial charge in [0.2, 0.25) is 0 Å². The second-order valence-corrected chi connectivity index (χ2v) is 11.4. The van der Waals surface area contributed by atoms with E-state index in [0.717, 1.165) is 39.2 Å². The van der Waals surface area contributed by atoms with Crippen LogP contribution in [0.1, 0.15) is 31.2 Å². The molecule has 35 heavy (non-hydrogen) atoms. The summed E-state index contributed by atoms with van der Waals surface area (Å²) in [5.41, 5.74) is 5.14. The lowest BCUT2D eigenvalue weighted by atomic mass is 10.1. The Hall–Kier alpha value is -3.53. The minimum atomic E-state index is -2.97. The van der Waals surface area contributed by atoms with Crippen LogP contribution < -0.4 is 9.64 Å². The van der Waals surface area contributed by atoms with Gasteiger partial charge in [0.05, 0.1) is 41.6 Å². The van der Waals surface area contributed by atoms with Gasteiger partial charge in [0, 0.05) is 54.0 Å². The maximum Gasteiger partial charge on any atom is 0.156 e. The Morgan fingerprint density at radius 2 is 1.83 bits per heavy atom. The molecule has 0 spiro atoms. The maximum absolute atomic E-state index is 12.0. The first kappa shape index (κ1) is 23.2. The topological polar surface area (TPSA) is 103 Å². The molecule has 0 atom stereocenters. The van der Waals surface area contributed by atoms with E-state index in [4.69, 9.17) is 14.7 Å². The molecule has 0 N–H and O–H groups in total. The summed E-state index contributed by atoms with van der Waals surface area (Å²) in [5, 5.41) is 5.60. The fourth-order valence-electron chi connectivity index (χ4n) is 4.33. The average molecular weight is 493 g/mol. The van der Waals surface area contributed by atoms with Crippen LogP contribution >= 0.6 is 0 Å². The van der Waals surface area contributed by atoms with Gasteiger partial charge in [0.25, 0.3) is 0 Å². The molecule has 9 nitrogen and oxygen atoms in total. The van der Waals surface area contributed by atoms with Crippen molar-refractivity contribution in [2.24, 2.45) is 0 Å². The van der Waals surface area contributed by atoms with Crippen LogP contribution in [0.3, 0.4) is 0 Å². The zero-order valence-electron chi connectivity index (χ0n) is 20.3. The van der Waals surface area contributed by atoms with Crippen LogP contribution in [-0.2, 0) is 9.84 Å². The van der Waals surface area contributed by atoms with Crippen LogP contribution in [0.2, 0.25) is 0 Å². The first-order chi connectivity index (χ1) is 16.8. The Bertz CT molecular complexity index is 1500. The molecule has 4 aromatic rings. The Labute approximate surface area is 204 Å². The molecular weight excluding hydrogens is 464 g/mol. The van der Waals surface area contributed by atoms with Gasteiger partial charge in [0.1, 0.15) is 5.75 Å². The van der Waals surface area contributed by atoms with E-state index in [2.05, 4.69) is 34.9 Å². The van der Waals surface area contributed by atoms with E-state index >= 15 is 0 Å². The molecule has 1 aliphatic rings. The van der Waals surface area contributed by atoms with Gasteiger partial charge in [-0.15, -0.1) is 0 Å². The van der Waals surface area contributed by atoms with Crippen molar-refractivity contribution in [3.63, 3.8) is 0 Å². The predicted octanol–water partition coefficient (Wildman–Crippen LogP) is 3.55. The summed E-state index contributed by atoms with van der Waals surface area (Å²) in [5.74, 6) is 1.90. The van der Waals surface area contributed by atoms with Crippen molar-refractivity contribution in [1.82, 2.24) is 24.7 Å². The molecule has 1 aliphatic heterocycles. The summed E-state index contributed by atoms with van der Waals surface area (Å²) in [4.78, 5) is 16.1. The largest absolute Gasteiger partial charge is 0.496 e. The van der Waals surface area contributed by atoms with Crippen LogP contribution in [0.15, 0.2) is 42.9 Å². The summed E-state index contributed by atoms with van der Waals surface area (Å²) in [7, 11) is -1.34. The van der Waals surface area contributed by atoms with E-state index in [1.54, 1.807) is 25.7 Å². The SMILES string of the molecule is COc1ccncc1-c1cc2c(cnn2-c2cc(N3CCS(=O)(=O)CC3)cc(C(C)C)n2)c(C)n1. The van der Waals surface area contributed by atoms with E-state index in [0.29, 0.717) is 24.7 Å². The maximum atomic E-state index is 12.0. The van der Waals surface area contributed by atoms with Crippen molar-refractivity contribution in [2.75, 3.05) is 36.6 Å². The molecular formula is C25H28N6O3S. The van der Waals surface area contributed by atoms with Crippen molar-refractivity contribution < 1.29 is 13.2 Å². The Kier molecular flexibility index (Phi) is 5.92. The van der Waals surface area contributed by atoms with Gasteiger partial charge < -0.3 is 9.64 Å². The molecule has 0 aromatic carbocycles. The molecule has 182 valence electrons. The van der Waals surface area contributed by atoms with Gasteiger partial charge in [0.15, 0.2) is 15.7 Å². The number of sulfone groups is 1. The number of methoxy groups -OCH3 is 1. The van der Waals surface area contributed by atoms with Gasteiger partial charge in [-0.3, -0.25) is 9.97 Å². The van der Waals surface area contributed by atoms with E-state index in [-0.39, 0.29) is 17.4 Å². The highest BCUT2D eigenvalue weighted by atomic mass is 32.2. The Morgan fingerprint density at radius 3 is 2.54 bits per heavy atom. The van der Waals surface area contributed by atoms with E-state index in [9.17, 15) is 8.42 Å². The molecule has 0 bridgehead atoms. The lowest BCUT2D eigenvalue weighted by molar-refractivity contribution is 0.416. The highest BCUT2D eigenvalue weighted by Gasteiger charge is 2.23. The van der Waals surface area contributed by atoms with Gasteiger partial charge in [-0.2, -0.15) is 5.10 Å². The monoisotopic (exact) mass is 492 g/mol. The zero-order valence-corrected chi connectivity index (χ0v) is 21.1. The third-order valence-electron chi connectivity index (χ3n) is 6.37. The number of pyridine rings is 3. The highest BCUT2D eigenvalue weighted by Crippen LogP contribution is 2.32. The van der Waals surface area contributed by atoms with Crippen LogP contribution in [0.5, 0.6) is 5.75 Å². The van der Waals surface area contributed by atoms with Crippen molar-refractivity contribution in [1.29, 1.82) is 0 Å². The number of rotatable bonds is 5. The summed E-state index contributed by atoms with van der Waals surface area (Å²) in [6.45, 7) is 7.09. The quantitative estimate of drug-likeness (QED) is 0.417. The standard InChI is InChI=1S/C25H28N6O3S/c1-16(2)21-11-18(30-7-9-35(32,33)10-8-30)12-25(29-21)31-23-13-22(28-17(3)19(23)15-27-31)20-14-26-6-5-24(20)34-4/h5-6,11-16H,7-10H2,1-4H3. The molecule has 0 amide bonds. The number of fused-ring (bicyclic) bond motifs is 1. The summed E-state index contributed by atoms with van der Waals surface area (Å²) >= 11 is 0. The second kappa shape index (κ2) is 8.92. The average Bonchev–Trinajstić information content (AvgIpc) is 3.28. The van der Waals surface area contributed by atoms with Gasteiger partial charge in [-0.05, 0) is 31.0 Å². The fraction of sp³-hybridized carbons (Fsp3) is 0.360. The molecule has 4 aromatic heterocycles. The molecule has 1 saturated heterocycles. The molecule has 5 rings (SSSR count). The molecule has 0 radical (unpaired) electrons. The zero-order chi connectivity index (χ0) is 24.7. The van der Waals surface area contributed by atoms with Gasteiger partial charge in [-0.1, -0.05) is 13.8 Å². The molecule has 0 saturated carbocycles. The molecule has 1 fully saturated rings. The first-order valence-electron chi connectivity index (χ1n) is 11.6. The van der Waals surface area contributed by atoms with E-state index < -0.39 is 9.84 Å². The minimum absolute atomic E-state index is 0.160. The van der Waals surface area contributed by atoms with Crippen LogP contribution in [0.25, 0.3) is 28.0 Å². The lowest BCUT2D eigenvalue weighted by Gasteiger charge is -2.29. The number of hydrogen-bond donors (Lipinski definition) is 0. The fourth-order valence-corrected chi connectivity index (χ4v) is 5.53. The first-order valence-corrected chi connectivity index (χ1v) is 13.4. The smallest absolute Gasteiger partial charge is 0.156 e. The summed E-state index contributed by atoms with van der Waals surface area (Å²) in [6.07, 6.45) is 5.23. The van der Waals surface area contributed by atoms with E-state index in [1.165, 1.54) is 0 Å². The van der Waals surface area contributed by atoms with Gasteiger partial charge >= 0.3 is 0 Å². The van der Waals surface area contributed by atoms with Crippen LogP contribution in [0.4, 0.5) is 5.69 Å². The number of aromatic nitrogens is 5. The van der Waals surface area contributed by atoms with Gasteiger partial charge in [-0.25, -0.2) is 18.1 Å². The number of ether oxygens (including phenoxy) is 1. The minimum Gasteiger partial charge on any atom is -0.496 e. The van der Waals surface area contributed by atoms with Crippen molar-refractivity contribution in [3.05, 3.63) is 54.2 Å². The second-order valence-electron chi connectivity index (χ2n) is 9.06. The number of nitrogens with zero attached hydrogens (tertiary/aromatic N) is 6. The Morgan fingerprint density at radius 1 is 1.06 bits per heavy atom. The lowest BCUT2D eigenvalue weighted by Crippen LogP contribution is -2.40. The summed E-state index contributed by atoms with van der Waals surface area (Å²) in [6, 6.07) is 7.82. The highest BCUT2D eigenvalue weighted by molar-refractivity contribution is 7.91. The third kappa shape index (κ3) is 4.45. The van der Waals surface area contributed by atoms with Crippen molar-refractivity contribution >= 4 is 26.4 Å². The molecule has 0 aliphatic carbocycles. The Balaban J connectivity index is 1.64. The number of aryl methyl sites for hydroxylation is 1.